The average molecular weight is 308 g/mol. The normalized spacial score (nSPS) is 11.4. The Labute approximate surface area is 129 Å². The summed E-state index contributed by atoms with van der Waals surface area (Å²) in [7, 11) is 0.417. The second-order valence-electron chi connectivity index (χ2n) is 6.22. The lowest BCUT2D eigenvalue weighted by Gasteiger charge is -2.16. The van der Waals surface area contributed by atoms with Gasteiger partial charge in [-0.05, 0) is 5.56 Å². The summed E-state index contributed by atoms with van der Waals surface area (Å²) in [6, 6.07) is 8.83. The van der Waals surface area contributed by atoms with E-state index in [-0.39, 0.29) is 5.91 Å². The van der Waals surface area contributed by atoms with Crippen LogP contribution in [0.25, 0.3) is 0 Å². The Bertz CT molecular complexity index is 427. The van der Waals surface area contributed by atoms with Gasteiger partial charge in [-0.2, -0.15) is 0 Å². The molecule has 0 saturated carbocycles. The zero-order valence-corrected chi connectivity index (χ0v) is 14.7. The van der Waals surface area contributed by atoms with E-state index >= 15 is 0 Å². The van der Waals surface area contributed by atoms with Crippen LogP contribution in [0.15, 0.2) is 24.3 Å². The number of benzene rings is 1. The van der Waals surface area contributed by atoms with E-state index in [4.69, 9.17) is 4.74 Å². The summed E-state index contributed by atoms with van der Waals surface area (Å²) < 4.78 is 4.88. The van der Waals surface area contributed by atoms with Crippen molar-refractivity contribution in [2.45, 2.75) is 32.6 Å². The quantitative estimate of drug-likeness (QED) is 0.536. The second kappa shape index (κ2) is 8.97. The molecule has 0 fully saturated rings. The molecule has 0 aromatic heterocycles. The molecule has 0 atom stereocenters. The van der Waals surface area contributed by atoms with Crippen molar-refractivity contribution in [2.75, 3.05) is 26.8 Å². The number of hydrogen-bond donors (Lipinski definition) is 2. The van der Waals surface area contributed by atoms with Gasteiger partial charge in [-0.15, -0.1) is 0 Å². The molecule has 0 aliphatic carbocycles. The number of amides is 1. The summed E-state index contributed by atoms with van der Waals surface area (Å²) in [5.74, 6) is 0.0635. The zero-order valence-electron chi connectivity index (χ0n) is 13.7. The number of nitrogens with one attached hydrogen (secondary N) is 2. The minimum absolute atomic E-state index is 0.0635. The van der Waals surface area contributed by atoms with Gasteiger partial charge < -0.3 is 15.4 Å². The highest BCUT2D eigenvalue weighted by atomic mass is 28.3. The fraction of sp³-hybridized carbons (Fsp3) is 0.562. The van der Waals surface area contributed by atoms with Crippen molar-refractivity contribution in [3.8, 4) is 0 Å². The first-order chi connectivity index (χ1) is 9.93. The van der Waals surface area contributed by atoms with Crippen LogP contribution in [0.1, 0.15) is 12.0 Å². The van der Waals surface area contributed by atoms with Crippen LogP contribution in [0.4, 0.5) is 0 Å². The summed E-state index contributed by atoms with van der Waals surface area (Å²) >= 11 is 0. The Morgan fingerprint density at radius 2 is 1.81 bits per heavy atom. The Balaban J connectivity index is 2.22. The molecule has 1 aromatic rings. The lowest BCUT2D eigenvalue weighted by atomic mass is 10.2. The fourth-order valence-electron chi connectivity index (χ4n) is 1.94. The van der Waals surface area contributed by atoms with Gasteiger partial charge in [0.15, 0.2) is 0 Å². The molecule has 0 aliphatic rings. The van der Waals surface area contributed by atoms with E-state index in [1.165, 1.54) is 10.8 Å². The molecule has 0 heterocycles. The molecule has 21 heavy (non-hydrogen) atoms. The van der Waals surface area contributed by atoms with Crippen LogP contribution in [0, 0.1) is 0 Å². The van der Waals surface area contributed by atoms with E-state index in [9.17, 15) is 4.79 Å². The summed E-state index contributed by atoms with van der Waals surface area (Å²) in [4.78, 5) is 11.5. The van der Waals surface area contributed by atoms with Crippen LogP contribution in [-0.4, -0.2) is 40.8 Å². The maximum Gasteiger partial charge on any atom is 0.221 e. The Morgan fingerprint density at radius 3 is 2.38 bits per heavy atom. The molecule has 0 saturated heterocycles. The van der Waals surface area contributed by atoms with Crippen molar-refractivity contribution in [3.05, 3.63) is 29.8 Å². The lowest BCUT2D eigenvalue weighted by molar-refractivity contribution is -0.121. The summed E-state index contributed by atoms with van der Waals surface area (Å²) in [5.41, 5.74) is 1.26. The molecule has 0 unspecified atom stereocenters. The van der Waals surface area contributed by atoms with Gasteiger partial charge in [-0.3, -0.25) is 4.79 Å². The number of carbonyl (C=O) groups excluding carboxylic acids is 1. The third-order valence-corrected chi connectivity index (χ3v) is 5.37. The first-order valence-electron chi connectivity index (χ1n) is 7.49. The van der Waals surface area contributed by atoms with Crippen molar-refractivity contribution in [3.63, 3.8) is 0 Å². The van der Waals surface area contributed by atoms with Gasteiger partial charge in [0, 0.05) is 33.2 Å². The third-order valence-electron chi connectivity index (χ3n) is 3.31. The first kappa shape index (κ1) is 17.9. The van der Waals surface area contributed by atoms with E-state index in [1.54, 1.807) is 7.11 Å². The monoisotopic (exact) mass is 308 g/mol. The molecule has 4 nitrogen and oxygen atoms in total. The van der Waals surface area contributed by atoms with Gasteiger partial charge in [0.2, 0.25) is 5.91 Å². The van der Waals surface area contributed by atoms with E-state index in [2.05, 4.69) is 54.5 Å². The molecule has 118 valence electrons. The fourth-order valence-corrected chi connectivity index (χ4v) is 3.10. The standard InChI is InChI=1S/C16H28N2O2Si/c1-20-12-11-18-16(19)9-10-17-13-14-5-7-15(8-6-14)21(2,3)4/h5-8,17H,9-13H2,1-4H3,(H,18,19). The summed E-state index contributed by atoms with van der Waals surface area (Å²) in [6.07, 6.45) is 0.497. The van der Waals surface area contributed by atoms with E-state index in [1.807, 2.05) is 0 Å². The highest BCUT2D eigenvalue weighted by molar-refractivity contribution is 6.88. The van der Waals surface area contributed by atoms with Crippen LogP contribution < -0.4 is 15.8 Å². The predicted molar refractivity (Wildman–Crippen MR) is 90.6 cm³/mol. The van der Waals surface area contributed by atoms with Crippen molar-refractivity contribution in [1.82, 2.24) is 10.6 Å². The largest absolute Gasteiger partial charge is 0.383 e. The van der Waals surface area contributed by atoms with Gasteiger partial charge in [0.05, 0.1) is 14.7 Å². The summed E-state index contributed by atoms with van der Waals surface area (Å²) in [5, 5.41) is 7.58. The molecule has 0 bridgehead atoms. The number of hydrogen-bond acceptors (Lipinski definition) is 3. The van der Waals surface area contributed by atoms with Crippen molar-refractivity contribution in [2.24, 2.45) is 0 Å². The maximum absolute atomic E-state index is 11.5. The molecule has 5 heteroatoms. The van der Waals surface area contributed by atoms with Gasteiger partial charge in [-0.1, -0.05) is 49.1 Å². The van der Waals surface area contributed by atoms with Crippen molar-refractivity contribution < 1.29 is 9.53 Å². The minimum Gasteiger partial charge on any atom is -0.383 e. The summed E-state index contributed by atoms with van der Waals surface area (Å²) in [6.45, 7) is 9.68. The van der Waals surface area contributed by atoms with Gasteiger partial charge in [0.25, 0.3) is 0 Å². The molecule has 1 aromatic carbocycles. The molecule has 0 spiro atoms. The predicted octanol–water partition coefficient (Wildman–Crippen LogP) is 1.47. The highest BCUT2D eigenvalue weighted by Crippen LogP contribution is 2.04. The molecule has 1 amide bonds. The Morgan fingerprint density at radius 1 is 1.14 bits per heavy atom. The molecular weight excluding hydrogens is 280 g/mol. The van der Waals surface area contributed by atoms with Gasteiger partial charge in [0.1, 0.15) is 0 Å². The van der Waals surface area contributed by atoms with Gasteiger partial charge in [-0.25, -0.2) is 0 Å². The topological polar surface area (TPSA) is 50.4 Å². The average Bonchev–Trinajstić information content (AvgIpc) is 2.43. The molecular formula is C16H28N2O2Si. The molecule has 0 aliphatic heterocycles. The van der Waals surface area contributed by atoms with Gasteiger partial charge >= 0.3 is 0 Å². The van der Waals surface area contributed by atoms with Crippen LogP contribution in [0.5, 0.6) is 0 Å². The Kier molecular flexibility index (Phi) is 7.64. The van der Waals surface area contributed by atoms with E-state index in [0.29, 0.717) is 26.1 Å². The Hall–Kier alpha value is -1.17. The zero-order chi connectivity index (χ0) is 15.7. The van der Waals surface area contributed by atoms with Crippen molar-refractivity contribution >= 4 is 19.2 Å². The van der Waals surface area contributed by atoms with Crippen LogP contribution in [0.2, 0.25) is 19.6 Å². The second-order valence-corrected chi connectivity index (χ2v) is 11.3. The molecule has 1 rings (SSSR count). The van der Waals surface area contributed by atoms with Crippen LogP contribution >= 0.6 is 0 Å². The van der Waals surface area contributed by atoms with E-state index in [0.717, 1.165) is 6.54 Å². The van der Waals surface area contributed by atoms with Crippen LogP contribution in [0.3, 0.4) is 0 Å². The number of carbonyl (C=O) groups is 1. The number of methoxy groups -OCH3 is 1. The number of rotatable bonds is 9. The third kappa shape index (κ3) is 7.41. The highest BCUT2D eigenvalue weighted by Gasteiger charge is 2.15. The molecule has 0 radical (unpaired) electrons. The van der Waals surface area contributed by atoms with E-state index < -0.39 is 8.07 Å². The molecule has 2 N–H and O–H groups in total. The SMILES string of the molecule is COCCNC(=O)CCNCc1ccc([Si](C)(C)C)cc1. The first-order valence-corrected chi connectivity index (χ1v) is 11.0. The lowest BCUT2D eigenvalue weighted by Crippen LogP contribution is -2.37. The minimum atomic E-state index is -1.21. The number of ether oxygens (including phenoxy) is 1. The smallest absolute Gasteiger partial charge is 0.221 e. The maximum atomic E-state index is 11.5. The van der Waals surface area contributed by atoms with Crippen LogP contribution in [-0.2, 0) is 16.1 Å². The van der Waals surface area contributed by atoms with Crippen molar-refractivity contribution in [1.29, 1.82) is 0 Å².